The molecule has 4 nitrogen and oxygen atoms in total. The summed E-state index contributed by atoms with van der Waals surface area (Å²) in [6, 6.07) is 7.21. The summed E-state index contributed by atoms with van der Waals surface area (Å²) in [7, 11) is -3.44. The number of hydrogen-bond donors (Lipinski definition) is 1. The summed E-state index contributed by atoms with van der Waals surface area (Å²) in [6.07, 6.45) is 2.60. The molecule has 1 unspecified atom stereocenters. The van der Waals surface area contributed by atoms with Crippen LogP contribution in [0.3, 0.4) is 0 Å². The predicted molar refractivity (Wildman–Crippen MR) is 83.4 cm³/mol. The molecule has 1 aliphatic heterocycles. The van der Waals surface area contributed by atoms with Crippen molar-refractivity contribution in [3.63, 3.8) is 0 Å². The lowest BCUT2D eigenvalue weighted by atomic mass is 9.81. The van der Waals surface area contributed by atoms with E-state index in [4.69, 9.17) is 5.73 Å². The SMILES string of the molecule is CSc1ccccc1S(=O)(=O)N1CCC(N)C(C)(C)C1. The van der Waals surface area contributed by atoms with Crippen molar-refractivity contribution in [3.05, 3.63) is 24.3 Å². The third-order valence-electron chi connectivity index (χ3n) is 3.96. The maximum absolute atomic E-state index is 12.8. The summed E-state index contributed by atoms with van der Waals surface area (Å²) in [6.45, 7) is 5.02. The Hall–Kier alpha value is -0.560. The maximum atomic E-state index is 12.8. The standard InChI is InChI=1S/C14H22N2O2S2/c1-14(2)10-16(9-8-13(14)15)20(17,18)12-7-5-4-6-11(12)19-3/h4-7,13H,8-10,15H2,1-3H3. The summed E-state index contributed by atoms with van der Waals surface area (Å²) in [4.78, 5) is 1.19. The van der Waals surface area contributed by atoms with E-state index in [-0.39, 0.29) is 11.5 Å². The third kappa shape index (κ3) is 2.88. The van der Waals surface area contributed by atoms with E-state index >= 15 is 0 Å². The van der Waals surface area contributed by atoms with Gasteiger partial charge in [0.25, 0.3) is 0 Å². The van der Waals surface area contributed by atoms with Gasteiger partial charge in [-0.15, -0.1) is 11.8 Å². The quantitative estimate of drug-likeness (QED) is 0.868. The second-order valence-corrected chi connectivity index (χ2v) is 8.63. The van der Waals surface area contributed by atoms with Gasteiger partial charge in [0.1, 0.15) is 0 Å². The van der Waals surface area contributed by atoms with Crippen molar-refractivity contribution in [2.75, 3.05) is 19.3 Å². The van der Waals surface area contributed by atoms with Crippen molar-refractivity contribution in [1.82, 2.24) is 4.31 Å². The van der Waals surface area contributed by atoms with E-state index in [2.05, 4.69) is 0 Å². The number of rotatable bonds is 3. The van der Waals surface area contributed by atoms with Crippen LogP contribution < -0.4 is 5.73 Å². The van der Waals surface area contributed by atoms with Gasteiger partial charge in [-0.2, -0.15) is 4.31 Å². The summed E-state index contributed by atoms with van der Waals surface area (Å²) >= 11 is 1.46. The van der Waals surface area contributed by atoms with Gasteiger partial charge in [-0.1, -0.05) is 26.0 Å². The number of sulfonamides is 1. The third-order valence-corrected chi connectivity index (χ3v) is 6.79. The summed E-state index contributed by atoms with van der Waals surface area (Å²) in [5.74, 6) is 0. The number of piperidine rings is 1. The minimum absolute atomic E-state index is 0.0461. The highest BCUT2D eigenvalue weighted by Gasteiger charge is 2.39. The monoisotopic (exact) mass is 314 g/mol. The molecule has 2 rings (SSSR count). The Morgan fingerprint density at radius 3 is 2.60 bits per heavy atom. The Morgan fingerprint density at radius 2 is 2.00 bits per heavy atom. The van der Waals surface area contributed by atoms with E-state index in [1.54, 1.807) is 16.4 Å². The molecule has 1 saturated heterocycles. The van der Waals surface area contributed by atoms with Crippen molar-refractivity contribution in [3.8, 4) is 0 Å². The van der Waals surface area contributed by atoms with Gasteiger partial charge in [0.2, 0.25) is 10.0 Å². The summed E-state index contributed by atoms with van der Waals surface area (Å²) in [5.41, 5.74) is 5.89. The van der Waals surface area contributed by atoms with Gasteiger partial charge in [-0.3, -0.25) is 0 Å². The van der Waals surface area contributed by atoms with Gasteiger partial charge in [0.05, 0.1) is 4.90 Å². The van der Waals surface area contributed by atoms with Crippen molar-refractivity contribution in [1.29, 1.82) is 0 Å². The van der Waals surface area contributed by atoms with Crippen molar-refractivity contribution in [2.24, 2.45) is 11.1 Å². The molecule has 1 aromatic carbocycles. The van der Waals surface area contributed by atoms with E-state index < -0.39 is 10.0 Å². The van der Waals surface area contributed by atoms with Crippen LogP contribution in [0, 0.1) is 5.41 Å². The molecule has 20 heavy (non-hydrogen) atoms. The van der Waals surface area contributed by atoms with Crippen molar-refractivity contribution < 1.29 is 8.42 Å². The zero-order valence-electron chi connectivity index (χ0n) is 12.2. The number of nitrogens with two attached hydrogens (primary N) is 1. The minimum atomic E-state index is -3.44. The van der Waals surface area contributed by atoms with Crippen molar-refractivity contribution in [2.45, 2.75) is 36.1 Å². The summed E-state index contributed by atoms with van der Waals surface area (Å²) < 4.78 is 27.2. The van der Waals surface area contributed by atoms with Gasteiger partial charge in [0.15, 0.2) is 0 Å². The second kappa shape index (κ2) is 5.67. The average molecular weight is 314 g/mol. The minimum Gasteiger partial charge on any atom is -0.327 e. The number of hydrogen-bond acceptors (Lipinski definition) is 4. The lowest BCUT2D eigenvalue weighted by Crippen LogP contribution is -2.53. The van der Waals surface area contributed by atoms with E-state index in [1.807, 2.05) is 32.2 Å². The molecule has 0 aromatic heterocycles. The Labute approximate surface area is 125 Å². The van der Waals surface area contributed by atoms with Crippen LogP contribution >= 0.6 is 11.8 Å². The summed E-state index contributed by atoms with van der Waals surface area (Å²) in [5, 5.41) is 0. The molecule has 1 atom stereocenters. The number of thioether (sulfide) groups is 1. The number of benzene rings is 1. The van der Waals surface area contributed by atoms with Gasteiger partial charge in [0, 0.05) is 24.0 Å². The molecule has 0 amide bonds. The van der Waals surface area contributed by atoms with Gasteiger partial charge < -0.3 is 5.73 Å². The first-order chi connectivity index (χ1) is 9.29. The molecule has 1 aromatic rings. The second-order valence-electron chi connectivity index (χ2n) is 5.87. The fraction of sp³-hybridized carbons (Fsp3) is 0.571. The average Bonchev–Trinajstić information content (AvgIpc) is 2.41. The molecular weight excluding hydrogens is 292 g/mol. The van der Waals surface area contributed by atoms with Crippen LogP contribution in [0.2, 0.25) is 0 Å². The fourth-order valence-electron chi connectivity index (χ4n) is 2.50. The molecule has 1 heterocycles. The molecule has 112 valence electrons. The molecule has 1 aliphatic rings. The normalized spacial score (nSPS) is 23.7. The van der Waals surface area contributed by atoms with Crippen LogP contribution in [0.4, 0.5) is 0 Å². The Bertz CT molecular complexity index is 585. The zero-order valence-corrected chi connectivity index (χ0v) is 13.8. The largest absolute Gasteiger partial charge is 0.327 e. The Balaban J connectivity index is 2.36. The molecule has 0 saturated carbocycles. The van der Waals surface area contributed by atoms with E-state index in [0.29, 0.717) is 24.4 Å². The zero-order chi connectivity index (χ0) is 15.0. The molecule has 0 radical (unpaired) electrons. The predicted octanol–water partition coefficient (Wildman–Crippen LogP) is 2.16. The molecule has 2 N–H and O–H groups in total. The first-order valence-electron chi connectivity index (χ1n) is 6.68. The maximum Gasteiger partial charge on any atom is 0.244 e. The first kappa shape index (κ1) is 15.8. The van der Waals surface area contributed by atoms with Crippen molar-refractivity contribution >= 4 is 21.8 Å². The van der Waals surface area contributed by atoms with E-state index in [0.717, 1.165) is 4.90 Å². The fourth-order valence-corrected chi connectivity index (χ4v) is 5.25. The van der Waals surface area contributed by atoms with E-state index in [9.17, 15) is 8.42 Å². The molecular formula is C14H22N2O2S2. The highest BCUT2D eigenvalue weighted by atomic mass is 32.2. The topological polar surface area (TPSA) is 63.4 Å². The number of nitrogens with zero attached hydrogens (tertiary/aromatic N) is 1. The Morgan fingerprint density at radius 1 is 1.35 bits per heavy atom. The highest BCUT2D eigenvalue weighted by molar-refractivity contribution is 7.99. The first-order valence-corrected chi connectivity index (χ1v) is 9.34. The molecule has 0 aliphatic carbocycles. The molecule has 6 heteroatoms. The van der Waals surface area contributed by atoms with Gasteiger partial charge >= 0.3 is 0 Å². The van der Waals surface area contributed by atoms with Crippen LogP contribution in [-0.2, 0) is 10.0 Å². The smallest absolute Gasteiger partial charge is 0.244 e. The highest BCUT2D eigenvalue weighted by Crippen LogP contribution is 2.33. The molecule has 0 bridgehead atoms. The van der Waals surface area contributed by atoms with Crippen LogP contribution in [0.15, 0.2) is 34.1 Å². The van der Waals surface area contributed by atoms with E-state index in [1.165, 1.54) is 11.8 Å². The molecule has 1 fully saturated rings. The van der Waals surface area contributed by atoms with Crippen LogP contribution in [0.25, 0.3) is 0 Å². The lowest BCUT2D eigenvalue weighted by molar-refractivity contribution is 0.155. The van der Waals surface area contributed by atoms with Crippen LogP contribution in [0.5, 0.6) is 0 Å². The Kier molecular flexibility index (Phi) is 4.49. The molecule has 0 spiro atoms. The lowest BCUT2D eigenvalue weighted by Gasteiger charge is -2.41. The van der Waals surface area contributed by atoms with Gasteiger partial charge in [-0.25, -0.2) is 8.42 Å². The van der Waals surface area contributed by atoms with Crippen LogP contribution in [-0.4, -0.2) is 38.1 Å². The van der Waals surface area contributed by atoms with Gasteiger partial charge in [-0.05, 0) is 30.2 Å². The van der Waals surface area contributed by atoms with Crippen LogP contribution in [0.1, 0.15) is 20.3 Å².